The summed E-state index contributed by atoms with van der Waals surface area (Å²) in [6, 6.07) is 0. The third-order valence-corrected chi connectivity index (χ3v) is 6.78. The summed E-state index contributed by atoms with van der Waals surface area (Å²) in [5, 5.41) is 0. The Balaban J connectivity index is 1.58. The molecule has 0 radical (unpaired) electrons. The van der Waals surface area contributed by atoms with Crippen molar-refractivity contribution in [2.24, 2.45) is 23.2 Å². The van der Waals surface area contributed by atoms with Crippen LogP contribution in [0.3, 0.4) is 0 Å². The molecule has 0 aromatic heterocycles. The van der Waals surface area contributed by atoms with E-state index in [0.29, 0.717) is 16.9 Å². The summed E-state index contributed by atoms with van der Waals surface area (Å²) in [6.45, 7) is 13.0. The molecule has 3 unspecified atom stereocenters. The molecule has 0 bridgehead atoms. The van der Waals surface area contributed by atoms with Crippen LogP contribution in [0, 0.1) is 23.2 Å². The fourth-order valence-electron chi connectivity index (χ4n) is 5.54. The molecule has 5 atom stereocenters. The highest BCUT2D eigenvalue weighted by Gasteiger charge is 2.50. The first-order chi connectivity index (χ1) is 10.4. The maximum absolute atomic E-state index is 11.4. The monoisotopic (exact) mass is 302 g/mol. The van der Waals surface area contributed by atoms with E-state index in [0.717, 1.165) is 31.1 Å². The van der Waals surface area contributed by atoms with E-state index < -0.39 is 0 Å². The zero-order valence-electron chi connectivity index (χ0n) is 14.2. The Labute approximate surface area is 135 Å². The Morgan fingerprint density at radius 3 is 2.82 bits per heavy atom. The van der Waals surface area contributed by atoms with Crippen molar-refractivity contribution >= 4 is 5.97 Å². The Hall–Kier alpha value is -1.05. The Kier molecular flexibility index (Phi) is 4.22. The van der Waals surface area contributed by atoms with Crippen LogP contribution in [0.25, 0.3) is 0 Å². The molecule has 2 nitrogen and oxygen atoms in total. The molecule has 1 heterocycles. The summed E-state index contributed by atoms with van der Waals surface area (Å²) in [7, 11) is 0. The molecule has 1 saturated heterocycles. The molecule has 0 amide bonds. The lowest BCUT2D eigenvalue weighted by Gasteiger charge is -2.44. The van der Waals surface area contributed by atoms with Gasteiger partial charge in [0, 0.05) is 12.0 Å². The van der Waals surface area contributed by atoms with Crippen molar-refractivity contribution in [3.63, 3.8) is 0 Å². The van der Waals surface area contributed by atoms with Gasteiger partial charge in [0.2, 0.25) is 0 Å². The van der Waals surface area contributed by atoms with Crippen LogP contribution in [0.1, 0.15) is 65.2 Å². The highest BCUT2D eigenvalue weighted by molar-refractivity contribution is 5.89. The number of carbonyl (C=O) groups is 1. The normalized spacial score (nSPS) is 39.7. The highest BCUT2D eigenvalue weighted by atomic mass is 16.5. The van der Waals surface area contributed by atoms with E-state index in [1.807, 2.05) is 0 Å². The van der Waals surface area contributed by atoms with Gasteiger partial charge in [-0.3, -0.25) is 0 Å². The third-order valence-electron chi connectivity index (χ3n) is 6.78. The molecule has 3 rings (SSSR count). The van der Waals surface area contributed by atoms with Gasteiger partial charge in [-0.05, 0) is 68.1 Å². The average Bonchev–Trinajstić information content (AvgIpc) is 2.97. The number of allylic oxidation sites excluding steroid dienone is 1. The Morgan fingerprint density at radius 1 is 1.36 bits per heavy atom. The topological polar surface area (TPSA) is 26.3 Å². The number of esters is 1. The minimum absolute atomic E-state index is 0.0776. The second kappa shape index (κ2) is 5.86. The largest absolute Gasteiger partial charge is 0.459 e. The van der Waals surface area contributed by atoms with E-state index in [1.54, 1.807) is 0 Å². The van der Waals surface area contributed by atoms with Crippen LogP contribution in [0.2, 0.25) is 0 Å². The molecule has 3 aliphatic rings. The van der Waals surface area contributed by atoms with Gasteiger partial charge in [-0.2, -0.15) is 0 Å². The second-order valence-corrected chi connectivity index (χ2v) is 8.14. The van der Waals surface area contributed by atoms with Gasteiger partial charge < -0.3 is 4.74 Å². The number of hydrogen-bond acceptors (Lipinski definition) is 2. The molecule has 2 heteroatoms. The van der Waals surface area contributed by atoms with Crippen molar-refractivity contribution in [2.45, 2.75) is 71.3 Å². The van der Waals surface area contributed by atoms with Crippen molar-refractivity contribution in [3.8, 4) is 0 Å². The third kappa shape index (κ3) is 2.66. The van der Waals surface area contributed by atoms with Crippen LogP contribution < -0.4 is 0 Å². The average molecular weight is 302 g/mol. The van der Waals surface area contributed by atoms with Gasteiger partial charge >= 0.3 is 5.97 Å². The van der Waals surface area contributed by atoms with Crippen molar-refractivity contribution in [2.75, 3.05) is 0 Å². The highest BCUT2D eigenvalue weighted by Crippen LogP contribution is 2.59. The Bertz CT molecular complexity index is 476. The van der Waals surface area contributed by atoms with Crippen molar-refractivity contribution in [1.82, 2.24) is 0 Å². The Morgan fingerprint density at radius 2 is 2.14 bits per heavy atom. The summed E-state index contributed by atoms with van der Waals surface area (Å²) >= 11 is 0. The lowest BCUT2D eigenvalue weighted by Crippen LogP contribution is -2.35. The van der Waals surface area contributed by atoms with Gasteiger partial charge in [0.05, 0.1) is 0 Å². The summed E-state index contributed by atoms with van der Waals surface area (Å²) in [5.74, 6) is 2.07. The van der Waals surface area contributed by atoms with Crippen molar-refractivity contribution < 1.29 is 9.53 Å². The number of rotatable bonds is 4. The van der Waals surface area contributed by atoms with E-state index in [9.17, 15) is 4.79 Å². The number of hydrogen-bond donors (Lipinski definition) is 0. The van der Waals surface area contributed by atoms with Crippen LogP contribution >= 0.6 is 0 Å². The maximum atomic E-state index is 11.4. The molecule has 22 heavy (non-hydrogen) atoms. The molecule has 0 spiro atoms. The quantitative estimate of drug-likeness (QED) is 0.413. The first kappa shape index (κ1) is 15.8. The maximum Gasteiger partial charge on any atom is 0.333 e. The second-order valence-electron chi connectivity index (χ2n) is 8.14. The first-order valence-electron chi connectivity index (χ1n) is 8.98. The van der Waals surface area contributed by atoms with Gasteiger partial charge in [0.25, 0.3) is 0 Å². The predicted octanol–water partition coefficient (Wildman–Crippen LogP) is 5.05. The summed E-state index contributed by atoms with van der Waals surface area (Å²) in [5.41, 5.74) is 2.61. The van der Waals surface area contributed by atoms with Crippen LogP contribution in [-0.2, 0) is 9.53 Å². The van der Waals surface area contributed by atoms with Crippen LogP contribution in [0.15, 0.2) is 24.3 Å². The van der Waals surface area contributed by atoms with E-state index >= 15 is 0 Å². The predicted molar refractivity (Wildman–Crippen MR) is 89.3 cm³/mol. The van der Waals surface area contributed by atoms with Crippen LogP contribution in [0.4, 0.5) is 0 Å². The zero-order valence-corrected chi connectivity index (χ0v) is 14.2. The molecule has 0 aromatic rings. The molecule has 1 aliphatic heterocycles. The van der Waals surface area contributed by atoms with Gasteiger partial charge in [-0.15, -0.1) is 0 Å². The van der Waals surface area contributed by atoms with Gasteiger partial charge in [-0.1, -0.05) is 32.6 Å². The van der Waals surface area contributed by atoms with E-state index in [1.165, 1.54) is 37.7 Å². The molecular weight excluding hydrogens is 272 g/mol. The van der Waals surface area contributed by atoms with Gasteiger partial charge in [-0.25, -0.2) is 4.79 Å². The fraction of sp³-hybridized carbons (Fsp3) is 0.750. The molecule has 0 aromatic carbocycles. The number of carbonyl (C=O) groups excluding carboxylic acids is 1. The van der Waals surface area contributed by atoms with Crippen molar-refractivity contribution in [3.05, 3.63) is 24.3 Å². The number of ether oxygens (including phenoxy) is 1. The first-order valence-corrected chi connectivity index (χ1v) is 8.98. The molecular formula is C20H30O2. The molecule has 122 valence electrons. The van der Waals surface area contributed by atoms with Gasteiger partial charge in [0.15, 0.2) is 0 Å². The minimum Gasteiger partial charge on any atom is -0.459 e. The molecule has 2 saturated carbocycles. The summed E-state index contributed by atoms with van der Waals surface area (Å²) < 4.78 is 5.38. The standard InChI is InChI=1S/C20H30O2/c1-13-6-5-11-20(4)17(13)9-10-18(20)14(2)7-8-16-12-15(3)19(21)22-16/h14,16-18H,1,3,5-12H2,2,4H3/t14?,16?,17?,18-,20+/m1/s1. The fourth-order valence-corrected chi connectivity index (χ4v) is 5.54. The SMILES string of the molecule is C=C1CC(CCC(C)[C@H]2CCC3C(=C)CCC[C@@]32C)OC1=O. The minimum atomic E-state index is -0.186. The van der Waals surface area contributed by atoms with E-state index in [-0.39, 0.29) is 12.1 Å². The summed E-state index contributed by atoms with van der Waals surface area (Å²) in [6.07, 6.45) is 9.55. The smallest absolute Gasteiger partial charge is 0.333 e. The molecule has 3 fully saturated rings. The van der Waals surface area contributed by atoms with E-state index in [2.05, 4.69) is 27.0 Å². The zero-order chi connectivity index (χ0) is 15.9. The lowest BCUT2D eigenvalue weighted by atomic mass is 9.61. The van der Waals surface area contributed by atoms with E-state index in [4.69, 9.17) is 4.74 Å². The molecule has 2 aliphatic carbocycles. The number of cyclic esters (lactones) is 1. The number of fused-ring (bicyclic) bond motifs is 1. The van der Waals surface area contributed by atoms with Gasteiger partial charge in [0.1, 0.15) is 6.10 Å². The van der Waals surface area contributed by atoms with Crippen molar-refractivity contribution in [1.29, 1.82) is 0 Å². The summed E-state index contributed by atoms with van der Waals surface area (Å²) in [4.78, 5) is 11.4. The van der Waals surface area contributed by atoms with Crippen LogP contribution in [0.5, 0.6) is 0 Å². The lowest BCUT2D eigenvalue weighted by molar-refractivity contribution is -0.139. The van der Waals surface area contributed by atoms with Crippen LogP contribution in [-0.4, -0.2) is 12.1 Å². The molecule has 0 N–H and O–H groups in total.